The third kappa shape index (κ3) is 3.03. The Morgan fingerprint density at radius 1 is 1.26 bits per heavy atom. The number of hydrogen-bond acceptors (Lipinski definition) is 6. The van der Waals surface area contributed by atoms with Crippen molar-refractivity contribution in [2.24, 2.45) is 0 Å². The first-order valence-electron chi connectivity index (χ1n) is 5.62. The summed E-state index contributed by atoms with van der Waals surface area (Å²) in [5, 5.41) is 0.549. The van der Waals surface area contributed by atoms with E-state index in [2.05, 4.69) is 15.0 Å². The van der Waals surface area contributed by atoms with Gasteiger partial charge in [0.1, 0.15) is 5.75 Å². The van der Waals surface area contributed by atoms with E-state index in [1.807, 2.05) is 6.92 Å². The van der Waals surface area contributed by atoms with Gasteiger partial charge in [0.05, 0.1) is 19.3 Å². The third-order valence-electron chi connectivity index (χ3n) is 2.31. The normalized spacial score (nSPS) is 10.3. The Bertz CT molecular complexity index is 592. The lowest BCUT2D eigenvalue weighted by Crippen LogP contribution is -2.05. The second-order valence-electron chi connectivity index (χ2n) is 3.58. The summed E-state index contributed by atoms with van der Waals surface area (Å²) in [6, 6.07) is 5.33. The molecule has 7 heteroatoms. The molecular weight excluding hydrogens is 268 g/mol. The Hall–Kier alpha value is -2.08. The van der Waals surface area contributed by atoms with Crippen LogP contribution in [0.4, 0.5) is 5.95 Å². The summed E-state index contributed by atoms with van der Waals surface area (Å²) >= 11 is 5.98. The highest BCUT2D eigenvalue weighted by Gasteiger charge is 2.13. The maximum atomic E-state index is 5.98. The number of ether oxygens (including phenoxy) is 2. The number of nitrogens with two attached hydrogens (primary N) is 1. The molecule has 6 nitrogen and oxygen atoms in total. The molecule has 0 fully saturated rings. The van der Waals surface area contributed by atoms with E-state index in [9.17, 15) is 0 Å². The van der Waals surface area contributed by atoms with Crippen LogP contribution in [0.3, 0.4) is 0 Å². The van der Waals surface area contributed by atoms with E-state index in [-0.39, 0.29) is 12.0 Å². The number of halogens is 1. The molecule has 1 aromatic heterocycles. The number of nitrogen functional groups attached to an aromatic ring is 1. The van der Waals surface area contributed by atoms with E-state index in [0.29, 0.717) is 28.8 Å². The molecule has 2 N–H and O–H groups in total. The third-order valence-corrected chi connectivity index (χ3v) is 2.54. The molecule has 0 aliphatic carbocycles. The predicted molar refractivity (Wildman–Crippen MR) is 72.4 cm³/mol. The van der Waals surface area contributed by atoms with E-state index in [0.717, 1.165) is 0 Å². The molecular formula is C12H13ClN4O2. The van der Waals surface area contributed by atoms with E-state index in [1.165, 1.54) is 0 Å². The fourth-order valence-corrected chi connectivity index (χ4v) is 1.71. The summed E-state index contributed by atoms with van der Waals surface area (Å²) in [5.41, 5.74) is 6.27. The topological polar surface area (TPSA) is 83.2 Å². The van der Waals surface area contributed by atoms with Crippen molar-refractivity contribution in [2.45, 2.75) is 6.92 Å². The van der Waals surface area contributed by atoms with Crippen LogP contribution in [0.2, 0.25) is 5.02 Å². The molecule has 0 bridgehead atoms. The van der Waals surface area contributed by atoms with Gasteiger partial charge in [0.15, 0.2) is 5.82 Å². The molecule has 0 saturated heterocycles. The minimum Gasteiger partial charge on any atom is -0.496 e. The number of benzene rings is 1. The van der Waals surface area contributed by atoms with Gasteiger partial charge in [-0.15, -0.1) is 0 Å². The Morgan fingerprint density at radius 3 is 2.74 bits per heavy atom. The smallest absolute Gasteiger partial charge is 0.321 e. The van der Waals surface area contributed by atoms with Crippen molar-refractivity contribution in [3.63, 3.8) is 0 Å². The number of hydrogen-bond donors (Lipinski definition) is 1. The first-order chi connectivity index (χ1) is 9.13. The van der Waals surface area contributed by atoms with Crippen molar-refractivity contribution < 1.29 is 9.47 Å². The lowest BCUT2D eigenvalue weighted by Gasteiger charge is -2.09. The van der Waals surface area contributed by atoms with E-state index in [4.69, 9.17) is 26.8 Å². The second-order valence-corrected chi connectivity index (χ2v) is 4.01. The van der Waals surface area contributed by atoms with E-state index >= 15 is 0 Å². The lowest BCUT2D eigenvalue weighted by atomic mass is 10.2. The molecule has 0 saturated carbocycles. The Kier molecular flexibility index (Phi) is 4.01. The summed E-state index contributed by atoms with van der Waals surface area (Å²) in [5.74, 6) is 1.03. The van der Waals surface area contributed by atoms with Gasteiger partial charge < -0.3 is 15.2 Å². The summed E-state index contributed by atoms with van der Waals surface area (Å²) in [6.07, 6.45) is 0. The number of rotatable bonds is 4. The molecule has 1 aromatic carbocycles. The number of methoxy groups -OCH3 is 1. The minimum absolute atomic E-state index is 0.0791. The molecule has 2 rings (SSSR count). The fraction of sp³-hybridized carbons (Fsp3) is 0.250. The Balaban J connectivity index is 2.54. The van der Waals surface area contributed by atoms with Gasteiger partial charge >= 0.3 is 6.01 Å². The van der Waals surface area contributed by atoms with Crippen molar-refractivity contribution in [1.82, 2.24) is 15.0 Å². The standard InChI is InChI=1S/C12H13ClN4O2/c1-3-19-12-16-10(15-11(14)17-12)8-6-7(13)4-5-9(8)18-2/h4-6H,3H2,1-2H3,(H2,14,15,16,17). The monoisotopic (exact) mass is 280 g/mol. The number of nitrogens with zero attached hydrogens (tertiary/aromatic N) is 3. The van der Waals surface area contributed by atoms with Crippen molar-refractivity contribution in [1.29, 1.82) is 0 Å². The van der Waals surface area contributed by atoms with Crippen LogP contribution in [0.1, 0.15) is 6.92 Å². The van der Waals surface area contributed by atoms with Crippen LogP contribution >= 0.6 is 11.6 Å². The van der Waals surface area contributed by atoms with Gasteiger partial charge in [-0.25, -0.2) is 0 Å². The van der Waals surface area contributed by atoms with Crippen LogP contribution in [0.5, 0.6) is 11.8 Å². The summed E-state index contributed by atoms with van der Waals surface area (Å²) < 4.78 is 10.5. The molecule has 0 radical (unpaired) electrons. The SMILES string of the molecule is CCOc1nc(N)nc(-c2cc(Cl)ccc2OC)n1. The van der Waals surface area contributed by atoms with Crippen molar-refractivity contribution in [3.8, 4) is 23.1 Å². The summed E-state index contributed by atoms with van der Waals surface area (Å²) in [4.78, 5) is 12.1. The van der Waals surface area contributed by atoms with Gasteiger partial charge in [-0.2, -0.15) is 15.0 Å². The van der Waals surface area contributed by atoms with Crippen LogP contribution in [0.15, 0.2) is 18.2 Å². The van der Waals surface area contributed by atoms with Crippen molar-refractivity contribution in [2.75, 3.05) is 19.5 Å². The first kappa shape index (κ1) is 13.4. The average Bonchev–Trinajstić information content (AvgIpc) is 2.38. The van der Waals surface area contributed by atoms with Crippen molar-refractivity contribution >= 4 is 17.5 Å². The number of anilines is 1. The van der Waals surface area contributed by atoms with Crippen molar-refractivity contribution in [3.05, 3.63) is 23.2 Å². The highest BCUT2D eigenvalue weighted by molar-refractivity contribution is 6.30. The van der Waals surface area contributed by atoms with Gasteiger partial charge in [-0.1, -0.05) is 11.6 Å². The molecule has 0 spiro atoms. The molecule has 0 unspecified atom stereocenters. The summed E-state index contributed by atoms with van der Waals surface area (Å²) in [7, 11) is 1.56. The molecule has 0 amide bonds. The van der Waals surface area contributed by atoms with Gasteiger partial charge in [-0.05, 0) is 25.1 Å². The van der Waals surface area contributed by atoms with Gasteiger partial charge in [-0.3, -0.25) is 0 Å². The maximum absolute atomic E-state index is 5.98. The van der Waals surface area contributed by atoms with Crippen LogP contribution in [0.25, 0.3) is 11.4 Å². The van der Waals surface area contributed by atoms with Crippen LogP contribution in [0, 0.1) is 0 Å². The van der Waals surface area contributed by atoms with E-state index in [1.54, 1.807) is 25.3 Å². The zero-order valence-corrected chi connectivity index (χ0v) is 11.3. The highest BCUT2D eigenvalue weighted by atomic mass is 35.5. The molecule has 19 heavy (non-hydrogen) atoms. The Morgan fingerprint density at radius 2 is 2.05 bits per heavy atom. The molecule has 2 aromatic rings. The second kappa shape index (κ2) is 5.71. The molecule has 0 aliphatic heterocycles. The predicted octanol–water partition coefficient (Wildman–Crippen LogP) is 2.18. The molecule has 100 valence electrons. The van der Waals surface area contributed by atoms with E-state index < -0.39 is 0 Å². The number of aromatic nitrogens is 3. The van der Waals surface area contributed by atoms with Crippen LogP contribution in [-0.4, -0.2) is 28.7 Å². The molecule has 1 heterocycles. The molecule has 0 aliphatic rings. The average molecular weight is 281 g/mol. The highest BCUT2D eigenvalue weighted by Crippen LogP contribution is 2.31. The Labute approximate surface area is 115 Å². The summed E-state index contributed by atoms with van der Waals surface area (Å²) in [6.45, 7) is 2.27. The largest absolute Gasteiger partial charge is 0.496 e. The molecule has 0 atom stereocenters. The fourth-order valence-electron chi connectivity index (χ4n) is 1.54. The zero-order valence-electron chi connectivity index (χ0n) is 10.6. The minimum atomic E-state index is 0.0791. The maximum Gasteiger partial charge on any atom is 0.321 e. The van der Waals surface area contributed by atoms with Gasteiger partial charge in [0, 0.05) is 5.02 Å². The lowest BCUT2D eigenvalue weighted by molar-refractivity contribution is 0.312. The first-order valence-corrected chi connectivity index (χ1v) is 6.00. The van der Waals surface area contributed by atoms with Gasteiger partial charge in [0.25, 0.3) is 0 Å². The van der Waals surface area contributed by atoms with Crippen LogP contribution in [-0.2, 0) is 0 Å². The van der Waals surface area contributed by atoms with Crippen LogP contribution < -0.4 is 15.2 Å². The van der Waals surface area contributed by atoms with Gasteiger partial charge in [0.2, 0.25) is 5.95 Å². The quantitative estimate of drug-likeness (QED) is 0.924. The zero-order chi connectivity index (χ0) is 13.8.